The number of aromatic nitrogens is 1. The zero-order valence-electron chi connectivity index (χ0n) is 11.4. The number of nitrogens with one attached hydrogen (secondary N) is 1. The van der Waals surface area contributed by atoms with Crippen LogP contribution in [-0.4, -0.2) is 18.4 Å². The maximum absolute atomic E-state index is 12.1. The molecule has 112 valence electrons. The number of rotatable bonds is 5. The highest BCUT2D eigenvalue weighted by Gasteiger charge is 2.30. The molecule has 0 saturated heterocycles. The molecular formula is C15H15F3N2O. The number of likely N-dealkylation sites (N-methyl/N-ethyl adjacent to an activating group) is 1. The summed E-state index contributed by atoms with van der Waals surface area (Å²) >= 11 is 0. The number of ether oxygens (including phenoxy) is 1. The number of hydrogen-bond donors (Lipinski definition) is 1. The zero-order valence-corrected chi connectivity index (χ0v) is 11.4. The lowest BCUT2D eigenvalue weighted by molar-refractivity contribution is -0.274. The quantitative estimate of drug-likeness (QED) is 0.917. The predicted octanol–water partition coefficient (Wildman–Crippen LogP) is 3.48. The Kier molecular flexibility index (Phi) is 4.80. The molecule has 1 aromatic carbocycles. The smallest absolute Gasteiger partial charge is 0.406 e. The van der Waals surface area contributed by atoms with Gasteiger partial charge in [-0.05, 0) is 43.3 Å². The Morgan fingerprint density at radius 3 is 2.38 bits per heavy atom. The number of halogens is 3. The van der Waals surface area contributed by atoms with Gasteiger partial charge in [0.1, 0.15) is 5.75 Å². The standard InChI is InChI=1S/C15H15F3N2O/c1-19-14(13-4-2-3-9-20-13)10-11-5-7-12(8-6-11)21-15(16,17)18/h2-9,14,19H,10H2,1H3. The van der Waals surface area contributed by atoms with Gasteiger partial charge in [0.2, 0.25) is 0 Å². The molecule has 0 aliphatic heterocycles. The van der Waals surface area contributed by atoms with Crippen molar-refractivity contribution >= 4 is 0 Å². The Morgan fingerprint density at radius 1 is 1.14 bits per heavy atom. The first-order valence-electron chi connectivity index (χ1n) is 6.41. The summed E-state index contributed by atoms with van der Waals surface area (Å²) in [5, 5.41) is 3.15. The van der Waals surface area contributed by atoms with Gasteiger partial charge in [-0.15, -0.1) is 13.2 Å². The minimum absolute atomic E-state index is 0.000541. The van der Waals surface area contributed by atoms with E-state index in [0.29, 0.717) is 6.42 Å². The van der Waals surface area contributed by atoms with Crippen LogP contribution in [0.3, 0.4) is 0 Å². The maximum Gasteiger partial charge on any atom is 0.573 e. The number of alkyl halides is 3. The summed E-state index contributed by atoms with van der Waals surface area (Å²) in [5.41, 5.74) is 1.78. The van der Waals surface area contributed by atoms with Crippen molar-refractivity contribution in [3.63, 3.8) is 0 Å². The summed E-state index contributed by atoms with van der Waals surface area (Å²) in [5.74, 6) is -0.218. The van der Waals surface area contributed by atoms with Gasteiger partial charge in [0.25, 0.3) is 0 Å². The molecule has 6 heteroatoms. The molecule has 0 bridgehead atoms. The fraction of sp³-hybridized carbons (Fsp3) is 0.267. The summed E-state index contributed by atoms with van der Waals surface area (Å²) in [4.78, 5) is 4.28. The normalized spacial score (nSPS) is 13.0. The Labute approximate surface area is 120 Å². The molecule has 2 rings (SSSR count). The zero-order chi connectivity index (χ0) is 15.3. The molecule has 0 saturated carbocycles. The molecule has 1 heterocycles. The summed E-state index contributed by atoms with van der Waals surface area (Å²) in [6, 6.07) is 11.5. The summed E-state index contributed by atoms with van der Waals surface area (Å²) < 4.78 is 40.1. The maximum atomic E-state index is 12.1. The number of pyridine rings is 1. The molecule has 0 radical (unpaired) electrons. The summed E-state index contributed by atoms with van der Waals surface area (Å²) in [6.45, 7) is 0. The summed E-state index contributed by atoms with van der Waals surface area (Å²) in [6.07, 6.45) is -2.33. The highest BCUT2D eigenvalue weighted by atomic mass is 19.4. The van der Waals surface area contributed by atoms with Gasteiger partial charge in [0.15, 0.2) is 0 Å². The fourth-order valence-corrected chi connectivity index (χ4v) is 2.00. The molecule has 0 amide bonds. The van der Waals surface area contributed by atoms with Crippen LogP contribution in [0.2, 0.25) is 0 Å². The van der Waals surface area contributed by atoms with Crippen LogP contribution in [-0.2, 0) is 6.42 Å². The van der Waals surface area contributed by atoms with E-state index in [-0.39, 0.29) is 11.8 Å². The molecule has 0 fully saturated rings. The Balaban J connectivity index is 2.05. The van der Waals surface area contributed by atoms with E-state index in [0.717, 1.165) is 11.3 Å². The minimum atomic E-state index is -4.66. The van der Waals surface area contributed by atoms with E-state index in [2.05, 4.69) is 15.0 Å². The van der Waals surface area contributed by atoms with Crippen LogP contribution >= 0.6 is 0 Å². The molecule has 3 nitrogen and oxygen atoms in total. The Morgan fingerprint density at radius 2 is 1.86 bits per heavy atom. The van der Waals surface area contributed by atoms with Gasteiger partial charge in [-0.1, -0.05) is 18.2 Å². The van der Waals surface area contributed by atoms with Crippen LogP contribution in [0.15, 0.2) is 48.7 Å². The van der Waals surface area contributed by atoms with Crippen molar-refractivity contribution in [2.75, 3.05) is 7.05 Å². The SMILES string of the molecule is CNC(Cc1ccc(OC(F)(F)F)cc1)c1ccccn1. The van der Waals surface area contributed by atoms with E-state index in [1.165, 1.54) is 12.1 Å². The second-order valence-corrected chi connectivity index (χ2v) is 4.49. The topological polar surface area (TPSA) is 34.1 Å². The van der Waals surface area contributed by atoms with Gasteiger partial charge in [0.05, 0.1) is 11.7 Å². The monoisotopic (exact) mass is 296 g/mol. The van der Waals surface area contributed by atoms with Crippen molar-refractivity contribution in [1.29, 1.82) is 0 Å². The molecule has 1 atom stereocenters. The lowest BCUT2D eigenvalue weighted by Crippen LogP contribution is -2.20. The third-order valence-electron chi connectivity index (χ3n) is 2.99. The number of hydrogen-bond acceptors (Lipinski definition) is 3. The van der Waals surface area contributed by atoms with Gasteiger partial charge in [-0.2, -0.15) is 0 Å². The molecular weight excluding hydrogens is 281 g/mol. The first-order valence-corrected chi connectivity index (χ1v) is 6.41. The fourth-order valence-electron chi connectivity index (χ4n) is 2.00. The van der Waals surface area contributed by atoms with E-state index >= 15 is 0 Å². The Hall–Kier alpha value is -2.08. The first kappa shape index (κ1) is 15.3. The van der Waals surface area contributed by atoms with Crippen LogP contribution in [0.25, 0.3) is 0 Å². The van der Waals surface area contributed by atoms with Crippen molar-refractivity contribution < 1.29 is 17.9 Å². The van der Waals surface area contributed by atoms with Crippen molar-refractivity contribution in [2.24, 2.45) is 0 Å². The average Bonchev–Trinajstić information content (AvgIpc) is 2.46. The Bertz CT molecular complexity index is 555. The second kappa shape index (κ2) is 6.58. The largest absolute Gasteiger partial charge is 0.573 e. The second-order valence-electron chi connectivity index (χ2n) is 4.49. The van der Waals surface area contributed by atoms with Crippen LogP contribution in [0.5, 0.6) is 5.75 Å². The lowest BCUT2D eigenvalue weighted by Gasteiger charge is -2.16. The van der Waals surface area contributed by atoms with Crippen LogP contribution in [0.4, 0.5) is 13.2 Å². The third-order valence-corrected chi connectivity index (χ3v) is 2.99. The summed E-state index contributed by atoms with van der Waals surface area (Å²) in [7, 11) is 1.82. The van der Waals surface area contributed by atoms with E-state index in [4.69, 9.17) is 0 Å². The van der Waals surface area contributed by atoms with E-state index < -0.39 is 6.36 Å². The minimum Gasteiger partial charge on any atom is -0.406 e. The van der Waals surface area contributed by atoms with Crippen LogP contribution < -0.4 is 10.1 Å². The molecule has 21 heavy (non-hydrogen) atoms. The molecule has 1 N–H and O–H groups in total. The molecule has 0 aliphatic carbocycles. The van der Waals surface area contributed by atoms with Crippen molar-refractivity contribution in [3.8, 4) is 5.75 Å². The van der Waals surface area contributed by atoms with Crippen molar-refractivity contribution in [3.05, 3.63) is 59.9 Å². The number of benzene rings is 1. The van der Waals surface area contributed by atoms with E-state index in [9.17, 15) is 13.2 Å². The first-order chi connectivity index (χ1) is 9.98. The van der Waals surface area contributed by atoms with E-state index in [1.807, 2.05) is 25.2 Å². The average molecular weight is 296 g/mol. The predicted molar refractivity (Wildman–Crippen MR) is 72.9 cm³/mol. The van der Waals surface area contributed by atoms with Gasteiger partial charge < -0.3 is 10.1 Å². The highest BCUT2D eigenvalue weighted by Crippen LogP contribution is 2.24. The molecule has 0 spiro atoms. The molecule has 1 aromatic heterocycles. The van der Waals surface area contributed by atoms with Crippen LogP contribution in [0, 0.1) is 0 Å². The van der Waals surface area contributed by atoms with Gasteiger partial charge in [-0.3, -0.25) is 4.98 Å². The van der Waals surface area contributed by atoms with Gasteiger partial charge in [0, 0.05) is 6.20 Å². The van der Waals surface area contributed by atoms with E-state index in [1.54, 1.807) is 18.3 Å². The lowest BCUT2D eigenvalue weighted by atomic mass is 10.0. The molecule has 1 unspecified atom stereocenters. The van der Waals surface area contributed by atoms with Crippen molar-refractivity contribution in [2.45, 2.75) is 18.8 Å². The van der Waals surface area contributed by atoms with Gasteiger partial charge >= 0.3 is 6.36 Å². The highest BCUT2D eigenvalue weighted by molar-refractivity contribution is 5.28. The molecule has 2 aromatic rings. The van der Waals surface area contributed by atoms with Crippen LogP contribution in [0.1, 0.15) is 17.3 Å². The third kappa shape index (κ3) is 4.75. The molecule has 0 aliphatic rings. The number of nitrogens with zero attached hydrogens (tertiary/aromatic N) is 1. The van der Waals surface area contributed by atoms with Crippen molar-refractivity contribution in [1.82, 2.24) is 10.3 Å². The van der Waals surface area contributed by atoms with Gasteiger partial charge in [-0.25, -0.2) is 0 Å².